The minimum atomic E-state index is -0.275. The molecule has 0 aromatic heterocycles. The molecule has 2 aromatic carbocycles. The molecule has 1 fully saturated rings. The second kappa shape index (κ2) is 8.83. The molecule has 0 bridgehead atoms. The van der Waals surface area contributed by atoms with Crippen molar-refractivity contribution in [3.05, 3.63) is 57.0 Å². The van der Waals surface area contributed by atoms with E-state index in [1.54, 1.807) is 30.3 Å². The quantitative estimate of drug-likeness (QED) is 0.666. The van der Waals surface area contributed by atoms with Crippen molar-refractivity contribution in [3.63, 3.8) is 0 Å². The summed E-state index contributed by atoms with van der Waals surface area (Å²) in [4.78, 5) is 26.5. The third-order valence-corrected chi connectivity index (χ3v) is 5.27. The van der Waals surface area contributed by atoms with Gasteiger partial charge in [0.2, 0.25) is 5.91 Å². The number of benzene rings is 2. The lowest BCUT2D eigenvalue weighted by Crippen LogP contribution is -2.27. The first kappa shape index (κ1) is 19.8. The van der Waals surface area contributed by atoms with Crippen molar-refractivity contribution in [2.24, 2.45) is 0 Å². The molecule has 1 aliphatic heterocycles. The predicted molar refractivity (Wildman–Crippen MR) is 110 cm³/mol. The molecule has 5 nitrogen and oxygen atoms in total. The van der Waals surface area contributed by atoms with E-state index in [9.17, 15) is 9.59 Å². The van der Waals surface area contributed by atoms with Crippen LogP contribution in [0.5, 0.6) is 0 Å². The molecule has 0 radical (unpaired) electrons. The van der Waals surface area contributed by atoms with Gasteiger partial charge >= 0.3 is 0 Å². The van der Waals surface area contributed by atoms with Gasteiger partial charge in [-0.15, -0.1) is 0 Å². The number of rotatable bonds is 5. The van der Waals surface area contributed by atoms with Gasteiger partial charge in [-0.25, -0.2) is 0 Å². The van der Waals surface area contributed by atoms with Crippen LogP contribution in [0.25, 0.3) is 0 Å². The number of nitrogens with one attached hydrogen (secondary N) is 2. The number of carbonyl (C=O) groups is 2. The van der Waals surface area contributed by atoms with Crippen LogP contribution in [0.2, 0.25) is 15.1 Å². The van der Waals surface area contributed by atoms with E-state index in [1.165, 1.54) is 6.07 Å². The van der Waals surface area contributed by atoms with Crippen molar-refractivity contribution >= 4 is 58.0 Å². The van der Waals surface area contributed by atoms with Crippen LogP contribution in [-0.2, 0) is 4.79 Å². The van der Waals surface area contributed by atoms with Gasteiger partial charge < -0.3 is 15.5 Å². The van der Waals surface area contributed by atoms with Crippen molar-refractivity contribution in [2.75, 3.05) is 30.3 Å². The Labute approximate surface area is 172 Å². The van der Waals surface area contributed by atoms with Crippen LogP contribution in [0.1, 0.15) is 23.2 Å². The third kappa shape index (κ3) is 5.06. The standard InChI is InChI=1S/C19H18Cl3N3O2/c20-14-9-16(22)17(10-15(14)21)23-11-18(26)24-13-5-3-4-12(8-13)19(27)25-6-1-2-7-25/h3-5,8-10,23H,1-2,6-7,11H2,(H,24,26). The Morgan fingerprint density at radius 3 is 2.41 bits per heavy atom. The smallest absolute Gasteiger partial charge is 0.253 e. The van der Waals surface area contributed by atoms with E-state index >= 15 is 0 Å². The Balaban J connectivity index is 1.60. The highest BCUT2D eigenvalue weighted by atomic mass is 35.5. The molecule has 27 heavy (non-hydrogen) atoms. The van der Waals surface area contributed by atoms with Gasteiger partial charge in [0, 0.05) is 24.3 Å². The fraction of sp³-hybridized carbons (Fsp3) is 0.263. The Hall–Kier alpha value is -1.95. The van der Waals surface area contributed by atoms with Gasteiger partial charge in [0.05, 0.1) is 27.3 Å². The van der Waals surface area contributed by atoms with Gasteiger partial charge in [0.25, 0.3) is 5.91 Å². The van der Waals surface area contributed by atoms with E-state index < -0.39 is 0 Å². The summed E-state index contributed by atoms with van der Waals surface area (Å²) in [7, 11) is 0. The van der Waals surface area contributed by atoms with Crippen LogP contribution in [0.3, 0.4) is 0 Å². The van der Waals surface area contributed by atoms with E-state index in [4.69, 9.17) is 34.8 Å². The van der Waals surface area contributed by atoms with E-state index in [1.807, 2.05) is 4.90 Å². The monoisotopic (exact) mass is 425 g/mol. The van der Waals surface area contributed by atoms with Crippen LogP contribution >= 0.6 is 34.8 Å². The maximum atomic E-state index is 12.5. The number of nitrogens with zero attached hydrogens (tertiary/aromatic N) is 1. The fourth-order valence-corrected chi connectivity index (χ4v) is 3.49. The zero-order chi connectivity index (χ0) is 19.4. The molecule has 0 aliphatic carbocycles. The van der Waals surface area contributed by atoms with Crippen molar-refractivity contribution < 1.29 is 9.59 Å². The maximum absolute atomic E-state index is 12.5. The highest BCUT2D eigenvalue weighted by molar-refractivity contribution is 6.44. The lowest BCUT2D eigenvalue weighted by atomic mass is 10.1. The molecule has 1 saturated heterocycles. The highest BCUT2D eigenvalue weighted by Gasteiger charge is 2.19. The van der Waals surface area contributed by atoms with Crippen LogP contribution < -0.4 is 10.6 Å². The van der Waals surface area contributed by atoms with E-state index in [-0.39, 0.29) is 18.4 Å². The van der Waals surface area contributed by atoms with Crippen molar-refractivity contribution in [1.82, 2.24) is 4.90 Å². The molecule has 2 amide bonds. The van der Waals surface area contributed by atoms with Gasteiger partial charge in [-0.2, -0.15) is 0 Å². The van der Waals surface area contributed by atoms with Crippen LogP contribution in [-0.4, -0.2) is 36.3 Å². The van der Waals surface area contributed by atoms with E-state index in [2.05, 4.69) is 10.6 Å². The zero-order valence-corrected chi connectivity index (χ0v) is 16.7. The van der Waals surface area contributed by atoms with Gasteiger partial charge in [0.1, 0.15) is 0 Å². The number of anilines is 2. The predicted octanol–water partition coefficient (Wildman–Crippen LogP) is 4.93. The molecule has 0 saturated carbocycles. The van der Waals surface area contributed by atoms with Crippen LogP contribution in [0.4, 0.5) is 11.4 Å². The lowest BCUT2D eigenvalue weighted by molar-refractivity contribution is -0.114. The Morgan fingerprint density at radius 1 is 0.963 bits per heavy atom. The summed E-state index contributed by atoms with van der Waals surface area (Å²) in [5.41, 5.74) is 1.64. The molecule has 2 aromatic rings. The van der Waals surface area contributed by atoms with Gasteiger partial charge in [-0.3, -0.25) is 9.59 Å². The minimum absolute atomic E-state index is 0.00990. The zero-order valence-electron chi connectivity index (χ0n) is 14.4. The van der Waals surface area contributed by atoms with Crippen molar-refractivity contribution in [1.29, 1.82) is 0 Å². The number of likely N-dealkylation sites (tertiary alicyclic amines) is 1. The van der Waals surface area contributed by atoms with Crippen LogP contribution in [0.15, 0.2) is 36.4 Å². The summed E-state index contributed by atoms with van der Waals surface area (Å²) in [6, 6.07) is 10.0. The Bertz CT molecular complexity index is 867. The second-order valence-electron chi connectivity index (χ2n) is 6.23. The summed E-state index contributed by atoms with van der Waals surface area (Å²) in [5.74, 6) is -0.285. The first-order valence-electron chi connectivity index (χ1n) is 8.51. The number of hydrogen-bond donors (Lipinski definition) is 2. The SMILES string of the molecule is O=C(CNc1cc(Cl)c(Cl)cc1Cl)Nc1cccc(C(=O)N2CCCC2)c1. The van der Waals surface area contributed by atoms with Gasteiger partial charge in [0.15, 0.2) is 0 Å². The Kier molecular flexibility index (Phi) is 6.47. The highest BCUT2D eigenvalue weighted by Crippen LogP contribution is 2.32. The Morgan fingerprint density at radius 2 is 1.67 bits per heavy atom. The fourth-order valence-electron chi connectivity index (χ4n) is 2.87. The van der Waals surface area contributed by atoms with Crippen LogP contribution in [0, 0.1) is 0 Å². The molecule has 3 rings (SSSR count). The first-order valence-corrected chi connectivity index (χ1v) is 9.65. The van der Waals surface area contributed by atoms with Crippen molar-refractivity contribution in [3.8, 4) is 0 Å². The summed E-state index contributed by atoms with van der Waals surface area (Å²) in [5, 5.41) is 6.75. The minimum Gasteiger partial charge on any atom is -0.375 e. The molecule has 0 unspecified atom stereocenters. The number of halogens is 3. The summed E-state index contributed by atoms with van der Waals surface area (Å²) < 4.78 is 0. The number of carbonyl (C=O) groups excluding carboxylic acids is 2. The van der Waals surface area contributed by atoms with E-state index in [0.29, 0.717) is 32.0 Å². The molecule has 0 atom stereocenters. The van der Waals surface area contributed by atoms with E-state index in [0.717, 1.165) is 25.9 Å². The third-order valence-electron chi connectivity index (χ3n) is 4.24. The average Bonchev–Trinajstić information content (AvgIpc) is 3.18. The lowest BCUT2D eigenvalue weighted by Gasteiger charge is -2.16. The van der Waals surface area contributed by atoms with Gasteiger partial charge in [-0.05, 0) is 43.2 Å². The second-order valence-corrected chi connectivity index (χ2v) is 7.45. The number of hydrogen-bond acceptors (Lipinski definition) is 3. The van der Waals surface area contributed by atoms with Crippen molar-refractivity contribution in [2.45, 2.75) is 12.8 Å². The van der Waals surface area contributed by atoms with Gasteiger partial charge in [-0.1, -0.05) is 40.9 Å². The summed E-state index contributed by atoms with van der Waals surface area (Å²) in [6.07, 6.45) is 2.07. The molecular weight excluding hydrogens is 409 g/mol. The molecule has 0 spiro atoms. The maximum Gasteiger partial charge on any atom is 0.253 e. The normalized spacial score (nSPS) is 13.5. The molecule has 1 heterocycles. The molecular formula is C19H18Cl3N3O2. The summed E-state index contributed by atoms with van der Waals surface area (Å²) >= 11 is 17.9. The number of amides is 2. The molecule has 1 aliphatic rings. The molecule has 8 heteroatoms. The molecule has 142 valence electrons. The largest absolute Gasteiger partial charge is 0.375 e. The summed E-state index contributed by atoms with van der Waals surface area (Å²) in [6.45, 7) is 1.55. The topological polar surface area (TPSA) is 61.4 Å². The first-order chi connectivity index (χ1) is 12.9. The molecule has 2 N–H and O–H groups in total. The average molecular weight is 427 g/mol.